The number of rotatable bonds is 1. The molecular formula is C20H21NO2. The lowest BCUT2D eigenvalue weighted by Crippen LogP contribution is -2.48. The zero-order valence-corrected chi connectivity index (χ0v) is 13.5. The molecule has 2 heterocycles. The Kier molecular flexibility index (Phi) is 3.27. The molecule has 2 aliphatic rings. The Morgan fingerprint density at radius 3 is 2.57 bits per heavy atom. The van der Waals surface area contributed by atoms with Gasteiger partial charge in [-0.15, -0.1) is 0 Å². The van der Waals surface area contributed by atoms with Crippen molar-refractivity contribution in [3.63, 3.8) is 0 Å². The molecule has 1 saturated heterocycles. The van der Waals surface area contributed by atoms with E-state index in [2.05, 4.69) is 24.3 Å². The van der Waals surface area contributed by atoms with E-state index in [9.17, 15) is 4.79 Å². The number of fused-ring (bicyclic) bond motifs is 2. The second kappa shape index (κ2) is 5.20. The number of benzene rings is 2. The molecule has 0 N–H and O–H groups in total. The van der Waals surface area contributed by atoms with Crippen LogP contribution in [0.5, 0.6) is 0 Å². The Morgan fingerprint density at radius 2 is 1.78 bits per heavy atom. The summed E-state index contributed by atoms with van der Waals surface area (Å²) in [6.45, 7) is 4.61. The molecule has 2 aromatic rings. The Hall–Kier alpha value is -2.13. The van der Waals surface area contributed by atoms with Crippen LogP contribution in [0.25, 0.3) is 0 Å². The van der Waals surface area contributed by atoms with Gasteiger partial charge in [0.25, 0.3) is 0 Å². The van der Waals surface area contributed by atoms with Crippen molar-refractivity contribution in [3.8, 4) is 0 Å². The first-order valence-electron chi connectivity index (χ1n) is 8.20. The first-order valence-corrected chi connectivity index (χ1v) is 8.20. The Morgan fingerprint density at radius 1 is 1.09 bits per heavy atom. The lowest BCUT2D eigenvalue weighted by molar-refractivity contribution is -0.148. The van der Waals surface area contributed by atoms with Crippen molar-refractivity contribution in [1.82, 2.24) is 4.90 Å². The highest BCUT2D eigenvalue weighted by molar-refractivity contribution is 5.85. The molecule has 23 heavy (non-hydrogen) atoms. The van der Waals surface area contributed by atoms with Crippen LogP contribution in [0.3, 0.4) is 0 Å². The van der Waals surface area contributed by atoms with Crippen molar-refractivity contribution in [2.45, 2.75) is 38.0 Å². The van der Waals surface area contributed by atoms with Crippen molar-refractivity contribution < 1.29 is 9.53 Å². The lowest BCUT2D eigenvalue weighted by Gasteiger charge is -2.36. The van der Waals surface area contributed by atoms with E-state index >= 15 is 0 Å². The van der Waals surface area contributed by atoms with Crippen LogP contribution in [0.4, 0.5) is 0 Å². The van der Waals surface area contributed by atoms with E-state index < -0.39 is 5.72 Å². The number of hydrogen-bond acceptors (Lipinski definition) is 2. The predicted molar refractivity (Wildman–Crippen MR) is 88.9 cm³/mol. The van der Waals surface area contributed by atoms with Gasteiger partial charge < -0.3 is 9.64 Å². The number of carbonyl (C=O) groups is 1. The van der Waals surface area contributed by atoms with Crippen LogP contribution in [0, 0.1) is 0 Å². The molecule has 2 aliphatic heterocycles. The zero-order chi connectivity index (χ0) is 16.0. The largest absolute Gasteiger partial charge is 0.353 e. The van der Waals surface area contributed by atoms with Crippen molar-refractivity contribution in [3.05, 3.63) is 71.3 Å². The second-order valence-electron chi connectivity index (χ2n) is 6.72. The summed E-state index contributed by atoms with van der Waals surface area (Å²) in [5.41, 5.74) is 2.91. The molecule has 1 fully saturated rings. The molecule has 0 unspecified atom stereocenters. The van der Waals surface area contributed by atoms with Gasteiger partial charge in [0.15, 0.2) is 0 Å². The minimum Gasteiger partial charge on any atom is -0.353 e. The van der Waals surface area contributed by atoms with Gasteiger partial charge in [0, 0.05) is 6.42 Å². The van der Waals surface area contributed by atoms with Gasteiger partial charge in [0.1, 0.15) is 5.72 Å². The lowest BCUT2D eigenvalue weighted by atomic mass is 9.94. The SMILES string of the molecule is C[C@@H]1C(=O)N2[C@H](c3ccccc3)CO[C@]2(C)Cc2ccccc21. The number of nitrogens with zero attached hydrogens (tertiary/aromatic N) is 1. The molecule has 0 bridgehead atoms. The van der Waals surface area contributed by atoms with E-state index in [0.29, 0.717) is 6.61 Å². The maximum atomic E-state index is 13.2. The fraction of sp³-hybridized carbons (Fsp3) is 0.350. The molecule has 4 rings (SSSR count). The van der Waals surface area contributed by atoms with Gasteiger partial charge in [0.05, 0.1) is 18.6 Å². The summed E-state index contributed by atoms with van der Waals surface area (Å²) in [6.07, 6.45) is 0.739. The average molecular weight is 307 g/mol. The van der Waals surface area contributed by atoms with E-state index in [1.54, 1.807) is 0 Å². The average Bonchev–Trinajstić information content (AvgIpc) is 2.88. The number of carbonyl (C=O) groups excluding carboxylic acids is 1. The molecule has 0 saturated carbocycles. The van der Waals surface area contributed by atoms with Gasteiger partial charge in [-0.2, -0.15) is 0 Å². The van der Waals surface area contributed by atoms with Gasteiger partial charge in [0.2, 0.25) is 5.91 Å². The van der Waals surface area contributed by atoms with Crippen LogP contribution in [0.2, 0.25) is 0 Å². The van der Waals surface area contributed by atoms with Crippen molar-refractivity contribution in [1.29, 1.82) is 0 Å². The minimum atomic E-state index is -0.571. The van der Waals surface area contributed by atoms with E-state index in [4.69, 9.17) is 4.74 Å². The van der Waals surface area contributed by atoms with Crippen LogP contribution < -0.4 is 0 Å². The van der Waals surface area contributed by atoms with Crippen LogP contribution in [0.15, 0.2) is 54.6 Å². The Bertz CT molecular complexity index is 742. The van der Waals surface area contributed by atoms with E-state index in [1.165, 1.54) is 5.56 Å². The summed E-state index contributed by atoms with van der Waals surface area (Å²) in [6, 6.07) is 18.4. The van der Waals surface area contributed by atoms with Gasteiger partial charge in [-0.3, -0.25) is 4.79 Å². The summed E-state index contributed by atoms with van der Waals surface area (Å²) < 4.78 is 6.17. The summed E-state index contributed by atoms with van der Waals surface area (Å²) in [5.74, 6) is 0.0183. The highest BCUT2D eigenvalue weighted by Gasteiger charge is 2.50. The fourth-order valence-corrected chi connectivity index (χ4v) is 3.99. The van der Waals surface area contributed by atoms with Crippen LogP contribution in [-0.4, -0.2) is 23.1 Å². The van der Waals surface area contributed by atoms with Gasteiger partial charge in [-0.05, 0) is 30.5 Å². The summed E-state index contributed by atoms with van der Waals surface area (Å²) in [5, 5.41) is 0. The maximum absolute atomic E-state index is 13.2. The fourth-order valence-electron chi connectivity index (χ4n) is 3.99. The summed E-state index contributed by atoms with van der Waals surface area (Å²) in [7, 11) is 0. The quantitative estimate of drug-likeness (QED) is 0.804. The Balaban J connectivity index is 1.80. The molecule has 2 aromatic carbocycles. The number of ether oxygens (including phenoxy) is 1. The molecule has 3 heteroatoms. The van der Waals surface area contributed by atoms with Crippen LogP contribution in [0.1, 0.15) is 42.5 Å². The molecule has 0 radical (unpaired) electrons. The van der Waals surface area contributed by atoms with Gasteiger partial charge in [-0.1, -0.05) is 54.6 Å². The molecule has 0 aromatic heterocycles. The maximum Gasteiger partial charge on any atom is 0.232 e. The smallest absolute Gasteiger partial charge is 0.232 e. The third kappa shape index (κ3) is 2.19. The molecule has 3 nitrogen and oxygen atoms in total. The third-order valence-corrected chi connectivity index (χ3v) is 5.21. The second-order valence-corrected chi connectivity index (χ2v) is 6.72. The Labute approximate surface area is 136 Å². The monoisotopic (exact) mass is 307 g/mol. The summed E-state index contributed by atoms with van der Waals surface area (Å²) in [4.78, 5) is 15.2. The minimum absolute atomic E-state index is 0.00883. The molecule has 0 spiro atoms. The van der Waals surface area contributed by atoms with E-state index in [0.717, 1.165) is 17.5 Å². The normalized spacial score (nSPS) is 29.8. The standard InChI is InChI=1S/C20H21NO2/c1-14-17-11-7-6-10-16(17)12-20(2)21(19(14)22)18(13-23-20)15-8-4-3-5-9-15/h3-11,14,18H,12-13H2,1-2H3/t14-,18-,20+/m0/s1. The first kappa shape index (κ1) is 14.5. The van der Waals surface area contributed by atoms with E-state index in [1.807, 2.05) is 49.1 Å². The topological polar surface area (TPSA) is 29.5 Å². The van der Waals surface area contributed by atoms with Gasteiger partial charge in [-0.25, -0.2) is 0 Å². The molecule has 3 atom stereocenters. The van der Waals surface area contributed by atoms with Crippen molar-refractivity contribution in [2.75, 3.05) is 6.61 Å². The summed E-state index contributed by atoms with van der Waals surface area (Å²) >= 11 is 0. The molecule has 1 amide bonds. The molecular weight excluding hydrogens is 286 g/mol. The predicted octanol–water partition coefficient (Wildman–Crippen LogP) is 3.66. The van der Waals surface area contributed by atoms with Gasteiger partial charge >= 0.3 is 0 Å². The third-order valence-electron chi connectivity index (χ3n) is 5.21. The first-order chi connectivity index (χ1) is 11.1. The molecule has 0 aliphatic carbocycles. The van der Waals surface area contributed by atoms with Crippen LogP contribution >= 0.6 is 0 Å². The highest BCUT2D eigenvalue weighted by atomic mass is 16.5. The van der Waals surface area contributed by atoms with E-state index in [-0.39, 0.29) is 17.9 Å². The number of amides is 1. The molecule has 118 valence electrons. The van der Waals surface area contributed by atoms with Crippen LogP contribution in [-0.2, 0) is 16.0 Å². The van der Waals surface area contributed by atoms with Crippen molar-refractivity contribution in [2.24, 2.45) is 0 Å². The highest BCUT2D eigenvalue weighted by Crippen LogP contribution is 2.44. The zero-order valence-electron chi connectivity index (χ0n) is 13.5. The van der Waals surface area contributed by atoms with Crippen molar-refractivity contribution >= 4 is 5.91 Å². The number of hydrogen-bond donors (Lipinski definition) is 0.